The van der Waals surface area contributed by atoms with E-state index in [1.54, 1.807) is 27.5 Å². The van der Waals surface area contributed by atoms with Crippen LogP contribution in [-0.2, 0) is 16.4 Å². The monoisotopic (exact) mass is 570 g/mol. The van der Waals surface area contributed by atoms with Crippen molar-refractivity contribution in [3.05, 3.63) is 66.1 Å². The third kappa shape index (κ3) is 7.50. The lowest BCUT2D eigenvalue weighted by atomic mass is 10.1. The van der Waals surface area contributed by atoms with Crippen molar-refractivity contribution >= 4 is 33.3 Å². The highest BCUT2D eigenvalue weighted by atomic mass is 32.2. The summed E-state index contributed by atoms with van der Waals surface area (Å²) in [4.78, 5) is 15.6. The van der Waals surface area contributed by atoms with Gasteiger partial charge in [-0.15, -0.1) is 0 Å². The topological polar surface area (TPSA) is 213 Å². The molecule has 2 aromatic carbocycles. The van der Waals surface area contributed by atoms with Crippen molar-refractivity contribution in [2.75, 3.05) is 50.4 Å². The van der Waals surface area contributed by atoms with E-state index in [0.717, 1.165) is 11.1 Å². The van der Waals surface area contributed by atoms with Crippen LogP contribution in [0.5, 0.6) is 23.1 Å². The molecule has 0 radical (unpaired) electrons. The van der Waals surface area contributed by atoms with E-state index in [9.17, 15) is 8.42 Å². The highest BCUT2D eigenvalue weighted by Gasteiger charge is 2.16. The first-order valence-electron chi connectivity index (χ1n) is 11.5. The average Bonchev–Trinajstić information content (AvgIpc) is 2.94. The van der Waals surface area contributed by atoms with Crippen LogP contribution in [0.25, 0.3) is 0 Å². The van der Waals surface area contributed by atoms with Crippen LogP contribution in [0.2, 0.25) is 0 Å². The third-order valence-corrected chi connectivity index (χ3v) is 6.69. The number of nitrogens with zero attached hydrogens (tertiary/aromatic N) is 4. The Kier molecular flexibility index (Phi) is 9.70. The number of hydrogen-bond acceptors (Lipinski definition) is 13. The van der Waals surface area contributed by atoms with Crippen LogP contribution < -0.4 is 40.9 Å². The van der Waals surface area contributed by atoms with Crippen molar-refractivity contribution in [1.29, 1.82) is 0 Å². The summed E-state index contributed by atoms with van der Waals surface area (Å²) in [6.07, 6.45) is 3.35. The van der Waals surface area contributed by atoms with Gasteiger partial charge in [-0.25, -0.2) is 23.4 Å². The maximum Gasteiger partial charge on any atom is 0.263 e. The fraction of sp³-hybridized carbons (Fsp3) is 0.200. The summed E-state index contributed by atoms with van der Waals surface area (Å²) in [5.41, 5.74) is 19.0. The zero-order valence-corrected chi connectivity index (χ0v) is 23.1. The number of ether oxygens (including phenoxy) is 4. The van der Waals surface area contributed by atoms with Crippen molar-refractivity contribution in [3.8, 4) is 23.1 Å². The Morgan fingerprint density at radius 2 is 1.48 bits per heavy atom. The van der Waals surface area contributed by atoms with E-state index < -0.39 is 10.0 Å². The molecule has 14 nitrogen and oxygen atoms in total. The van der Waals surface area contributed by atoms with Crippen LogP contribution in [0.1, 0.15) is 11.1 Å². The minimum absolute atomic E-state index is 0.0966. The van der Waals surface area contributed by atoms with E-state index in [4.69, 9.17) is 36.1 Å². The first kappa shape index (κ1) is 29.5. The van der Waals surface area contributed by atoms with Crippen LogP contribution in [-0.4, -0.2) is 56.8 Å². The zero-order valence-electron chi connectivity index (χ0n) is 22.3. The van der Waals surface area contributed by atoms with Crippen LogP contribution in [0, 0.1) is 0 Å². The molecule has 15 heteroatoms. The molecule has 0 atom stereocenters. The number of aromatic nitrogens is 4. The molecule has 4 rings (SSSR count). The van der Waals surface area contributed by atoms with Crippen molar-refractivity contribution in [2.24, 2.45) is 0 Å². The molecule has 0 spiro atoms. The molecule has 2 aromatic heterocycles. The lowest BCUT2D eigenvalue weighted by molar-refractivity contribution is 0.324. The SMILES string of the molecule is COc1cc(Cc2cnc(N)nc2N)cc(OC)c1OC.COc1cc(NS(=O)(=O)c2ccc(N)cc2)ncn1. The fourth-order valence-electron chi connectivity index (χ4n) is 3.38. The van der Waals surface area contributed by atoms with Gasteiger partial charge in [-0.05, 0) is 42.0 Å². The molecule has 0 saturated heterocycles. The number of hydrogen-bond donors (Lipinski definition) is 4. The van der Waals surface area contributed by atoms with E-state index in [0.29, 0.717) is 35.2 Å². The molecule has 0 aliphatic heterocycles. The number of benzene rings is 2. The summed E-state index contributed by atoms with van der Waals surface area (Å²) in [6.45, 7) is 0. The van der Waals surface area contributed by atoms with E-state index in [-0.39, 0.29) is 22.5 Å². The molecule has 0 aliphatic rings. The molecule has 212 valence electrons. The average molecular weight is 571 g/mol. The Bertz CT molecular complexity index is 1530. The lowest BCUT2D eigenvalue weighted by Gasteiger charge is -2.14. The number of sulfonamides is 1. The summed E-state index contributed by atoms with van der Waals surface area (Å²) in [6, 6.07) is 10.9. The van der Waals surface area contributed by atoms with E-state index in [2.05, 4.69) is 24.7 Å². The molecule has 0 bridgehead atoms. The summed E-state index contributed by atoms with van der Waals surface area (Å²) < 4.78 is 47.3. The minimum atomic E-state index is -3.71. The highest BCUT2D eigenvalue weighted by molar-refractivity contribution is 7.92. The van der Waals surface area contributed by atoms with Gasteiger partial charge in [-0.2, -0.15) is 4.98 Å². The lowest BCUT2D eigenvalue weighted by Crippen LogP contribution is -2.14. The predicted octanol–water partition coefficient (Wildman–Crippen LogP) is 2.13. The molecule has 0 saturated carbocycles. The second kappa shape index (κ2) is 13.1. The van der Waals surface area contributed by atoms with Gasteiger partial charge < -0.3 is 36.1 Å². The molecule has 0 unspecified atom stereocenters. The molecule has 2 heterocycles. The Morgan fingerprint density at radius 1 is 0.825 bits per heavy atom. The van der Waals surface area contributed by atoms with Crippen molar-refractivity contribution in [2.45, 2.75) is 11.3 Å². The predicted molar refractivity (Wildman–Crippen MR) is 150 cm³/mol. The fourth-order valence-corrected chi connectivity index (χ4v) is 4.38. The standard InChI is InChI=1S/C14H18N4O3.C11H12N4O3S/c1-19-10-5-8(6-11(20-2)12(10)21-3)4-9-7-17-14(16)18-13(9)15;1-18-11-6-10(13-7-14-11)15-19(16,17)9-4-2-8(12)3-5-9/h5-7H,4H2,1-3H3,(H4,15,16,17,18);2-7H,12H2,1H3,(H,13,14,15). The van der Waals surface area contributed by atoms with E-state index in [1.165, 1.54) is 43.8 Å². The van der Waals surface area contributed by atoms with Crippen molar-refractivity contribution in [3.63, 3.8) is 0 Å². The molecule has 0 aliphatic carbocycles. The van der Waals surface area contributed by atoms with Gasteiger partial charge in [0.15, 0.2) is 11.5 Å². The summed E-state index contributed by atoms with van der Waals surface area (Å²) >= 11 is 0. The van der Waals surface area contributed by atoms with E-state index in [1.807, 2.05) is 12.1 Å². The zero-order chi connectivity index (χ0) is 29.3. The minimum Gasteiger partial charge on any atom is -0.493 e. The maximum atomic E-state index is 12.1. The molecular weight excluding hydrogens is 540 g/mol. The normalized spacial score (nSPS) is 10.6. The van der Waals surface area contributed by atoms with Crippen LogP contribution >= 0.6 is 0 Å². The molecule has 40 heavy (non-hydrogen) atoms. The molecule has 7 N–H and O–H groups in total. The Hall–Kier alpha value is -5.05. The smallest absolute Gasteiger partial charge is 0.263 e. The number of anilines is 4. The van der Waals surface area contributed by atoms with Crippen LogP contribution in [0.3, 0.4) is 0 Å². The summed E-state index contributed by atoms with van der Waals surface area (Å²) in [7, 11) is 2.43. The number of methoxy groups -OCH3 is 4. The first-order valence-corrected chi connectivity index (χ1v) is 13.0. The van der Waals surface area contributed by atoms with Gasteiger partial charge in [0, 0.05) is 29.9 Å². The Labute approximate surface area is 231 Å². The van der Waals surface area contributed by atoms with Gasteiger partial charge >= 0.3 is 0 Å². The first-order chi connectivity index (χ1) is 19.1. The second-order valence-electron chi connectivity index (χ2n) is 7.97. The molecular formula is C25H30N8O6S. The number of nitrogen functional groups attached to an aromatic ring is 3. The summed E-state index contributed by atoms with van der Waals surface area (Å²) in [5, 5.41) is 0. The molecule has 4 aromatic rings. The molecule has 0 amide bonds. The maximum absolute atomic E-state index is 12.1. The second-order valence-corrected chi connectivity index (χ2v) is 9.65. The quantitative estimate of drug-likeness (QED) is 0.213. The van der Waals surface area contributed by atoms with Gasteiger partial charge in [0.2, 0.25) is 17.6 Å². The highest BCUT2D eigenvalue weighted by Crippen LogP contribution is 2.38. The Morgan fingerprint density at radius 3 is 2.02 bits per heavy atom. The molecule has 0 fully saturated rings. The number of nitrogens with one attached hydrogen (secondary N) is 1. The van der Waals surface area contributed by atoms with Crippen molar-refractivity contribution < 1.29 is 27.4 Å². The van der Waals surface area contributed by atoms with E-state index >= 15 is 0 Å². The van der Waals surface area contributed by atoms with Crippen LogP contribution in [0.4, 0.5) is 23.3 Å². The Balaban J connectivity index is 0.000000222. The van der Waals surface area contributed by atoms with Gasteiger partial charge in [-0.3, -0.25) is 4.72 Å². The largest absolute Gasteiger partial charge is 0.493 e. The number of rotatable bonds is 9. The van der Waals surface area contributed by atoms with Gasteiger partial charge in [0.05, 0.1) is 33.3 Å². The van der Waals surface area contributed by atoms with Crippen molar-refractivity contribution in [1.82, 2.24) is 19.9 Å². The van der Waals surface area contributed by atoms with Gasteiger partial charge in [0.25, 0.3) is 10.0 Å². The summed E-state index contributed by atoms with van der Waals surface area (Å²) in [5.74, 6) is 2.62. The number of nitrogens with two attached hydrogens (primary N) is 3. The van der Waals surface area contributed by atoms with Gasteiger partial charge in [-0.1, -0.05) is 0 Å². The van der Waals surface area contributed by atoms with Crippen LogP contribution in [0.15, 0.2) is 59.9 Å². The third-order valence-electron chi connectivity index (χ3n) is 5.32. The van der Waals surface area contributed by atoms with Gasteiger partial charge in [0.1, 0.15) is 18.0 Å².